The van der Waals surface area contributed by atoms with Crippen molar-refractivity contribution < 1.29 is 0 Å². The lowest BCUT2D eigenvalue weighted by molar-refractivity contribution is 0.213. The molecule has 0 unspecified atom stereocenters. The lowest BCUT2D eigenvalue weighted by Crippen LogP contribution is -2.30. The molecule has 0 amide bonds. The molecule has 1 aliphatic heterocycles. The van der Waals surface area contributed by atoms with Gasteiger partial charge in [-0.2, -0.15) is 4.52 Å². The molecule has 0 N–H and O–H groups in total. The Hall–Kier alpha value is -2.99. The Morgan fingerprint density at radius 1 is 0.857 bits per heavy atom. The van der Waals surface area contributed by atoms with Crippen LogP contribution in [0.4, 0.5) is 0 Å². The molecule has 2 aromatic heterocycles. The normalized spacial score (nSPS) is 15.4. The van der Waals surface area contributed by atoms with Gasteiger partial charge in [-0.3, -0.25) is 14.3 Å². The standard InChI is InChI=1S/C22H23N5O/c28-21-18-11-5-6-12-19(18)23-22-26(15-17-9-3-1-4-10-17)20(24-27(21)22)16-25-13-7-2-8-14-25/h1,3-6,9-12H,2,7-8,13-16H2. The topological polar surface area (TPSA) is 55.4 Å². The minimum absolute atomic E-state index is 0.104. The Labute approximate surface area is 163 Å². The third-order valence-corrected chi connectivity index (χ3v) is 5.50. The van der Waals surface area contributed by atoms with Crippen molar-refractivity contribution in [3.8, 4) is 0 Å². The third-order valence-electron chi connectivity index (χ3n) is 5.50. The van der Waals surface area contributed by atoms with Crippen LogP contribution in [0.25, 0.3) is 16.7 Å². The summed E-state index contributed by atoms with van der Waals surface area (Å²) in [6.45, 7) is 3.56. The van der Waals surface area contributed by atoms with Crippen LogP contribution in [0, 0.1) is 0 Å². The summed E-state index contributed by atoms with van der Waals surface area (Å²) in [6.07, 6.45) is 3.74. The van der Waals surface area contributed by atoms with E-state index in [4.69, 9.17) is 10.1 Å². The van der Waals surface area contributed by atoms with Crippen molar-refractivity contribution in [1.82, 2.24) is 24.1 Å². The zero-order valence-electron chi connectivity index (χ0n) is 15.8. The largest absolute Gasteiger partial charge is 0.296 e. The molecule has 0 atom stereocenters. The first-order chi connectivity index (χ1) is 13.8. The molecule has 0 aliphatic carbocycles. The van der Waals surface area contributed by atoms with Gasteiger partial charge in [0.1, 0.15) is 5.82 Å². The molecule has 6 heteroatoms. The van der Waals surface area contributed by atoms with E-state index in [1.54, 1.807) is 0 Å². The van der Waals surface area contributed by atoms with Gasteiger partial charge in [0.15, 0.2) is 0 Å². The van der Waals surface area contributed by atoms with Gasteiger partial charge in [-0.1, -0.05) is 48.9 Å². The van der Waals surface area contributed by atoms with Gasteiger partial charge in [-0.05, 0) is 43.6 Å². The van der Waals surface area contributed by atoms with Crippen molar-refractivity contribution in [2.45, 2.75) is 32.4 Å². The highest BCUT2D eigenvalue weighted by Crippen LogP contribution is 2.17. The van der Waals surface area contributed by atoms with Crippen molar-refractivity contribution in [3.05, 3.63) is 76.3 Å². The number of piperidine rings is 1. The van der Waals surface area contributed by atoms with Crippen LogP contribution in [0.5, 0.6) is 0 Å². The number of likely N-dealkylation sites (tertiary alicyclic amines) is 1. The van der Waals surface area contributed by atoms with Gasteiger partial charge in [-0.15, -0.1) is 5.10 Å². The number of nitrogens with zero attached hydrogens (tertiary/aromatic N) is 5. The molecule has 0 saturated carbocycles. The maximum atomic E-state index is 13.0. The van der Waals surface area contributed by atoms with Crippen LogP contribution >= 0.6 is 0 Å². The molecule has 0 bridgehead atoms. The monoisotopic (exact) mass is 373 g/mol. The van der Waals surface area contributed by atoms with E-state index in [1.165, 1.54) is 29.3 Å². The van der Waals surface area contributed by atoms with Crippen LogP contribution in [0.3, 0.4) is 0 Å². The number of hydrogen-bond donors (Lipinski definition) is 0. The molecule has 3 heterocycles. The number of rotatable bonds is 4. The number of hydrogen-bond acceptors (Lipinski definition) is 4. The molecule has 142 valence electrons. The summed E-state index contributed by atoms with van der Waals surface area (Å²) in [5.41, 5.74) is 1.78. The SMILES string of the molecule is O=c1c2ccccc2nc2n(Cc3ccccc3)c(CN3CCCCC3)nn12. The van der Waals surface area contributed by atoms with E-state index in [1.807, 2.05) is 42.5 Å². The van der Waals surface area contributed by atoms with E-state index in [0.717, 1.165) is 25.5 Å². The summed E-state index contributed by atoms with van der Waals surface area (Å²) in [4.78, 5) is 20.3. The Morgan fingerprint density at radius 2 is 1.61 bits per heavy atom. The minimum atomic E-state index is -0.104. The molecule has 1 saturated heterocycles. The van der Waals surface area contributed by atoms with Crippen LogP contribution in [0.15, 0.2) is 59.4 Å². The maximum Gasteiger partial charge on any atom is 0.283 e. The highest BCUT2D eigenvalue weighted by atomic mass is 16.1. The zero-order chi connectivity index (χ0) is 18.9. The molecular formula is C22H23N5O. The second-order valence-corrected chi connectivity index (χ2v) is 7.47. The molecule has 1 fully saturated rings. The van der Waals surface area contributed by atoms with Crippen molar-refractivity contribution in [2.24, 2.45) is 0 Å². The maximum absolute atomic E-state index is 13.0. The number of para-hydroxylation sites is 1. The van der Waals surface area contributed by atoms with E-state index >= 15 is 0 Å². The van der Waals surface area contributed by atoms with Gasteiger partial charge >= 0.3 is 0 Å². The fraction of sp³-hybridized carbons (Fsp3) is 0.318. The second kappa shape index (κ2) is 7.20. The van der Waals surface area contributed by atoms with E-state index < -0.39 is 0 Å². The van der Waals surface area contributed by atoms with Crippen molar-refractivity contribution in [2.75, 3.05) is 13.1 Å². The first-order valence-corrected chi connectivity index (χ1v) is 9.93. The van der Waals surface area contributed by atoms with Gasteiger partial charge < -0.3 is 0 Å². The summed E-state index contributed by atoms with van der Waals surface area (Å²) < 4.78 is 3.57. The predicted octanol–water partition coefficient (Wildman–Crippen LogP) is 3.08. The molecule has 2 aromatic carbocycles. The first kappa shape index (κ1) is 17.1. The van der Waals surface area contributed by atoms with Gasteiger partial charge in [0.05, 0.1) is 24.0 Å². The second-order valence-electron chi connectivity index (χ2n) is 7.47. The number of fused-ring (bicyclic) bond motifs is 2. The van der Waals surface area contributed by atoms with E-state index in [9.17, 15) is 4.79 Å². The van der Waals surface area contributed by atoms with Gasteiger partial charge in [0.2, 0.25) is 5.78 Å². The van der Waals surface area contributed by atoms with E-state index in [-0.39, 0.29) is 5.56 Å². The molecule has 0 spiro atoms. The zero-order valence-corrected chi connectivity index (χ0v) is 15.8. The van der Waals surface area contributed by atoms with Gasteiger partial charge in [-0.25, -0.2) is 4.98 Å². The Bertz CT molecular complexity index is 1170. The molecular weight excluding hydrogens is 350 g/mol. The predicted molar refractivity (Wildman–Crippen MR) is 109 cm³/mol. The molecule has 4 aromatic rings. The molecule has 1 aliphatic rings. The summed E-state index contributed by atoms with van der Waals surface area (Å²) in [6, 6.07) is 17.8. The third kappa shape index (κ3) is 3.10. The van der Waals surface area contributed by atoms with Crippen LogP contribution < -0.4 is 5.56 Å². The lowest BCUT2D eigenvalue weighted by atomic mass is 10.1. The molecule has 6 nitrogen and oxygen atoms in total. The van der Waals surface area contributed by atoms with Crippen LogP contribution in [-0.2, 0) is 13.1 Å². The van der Waals surface area contributed by atoms with Crippen molar-refractivity contribution in [3.63, 3.8) is 0 Å². The van der Waals surface area contributed by atoms with E-state index in [2.05, 4.69) is 21.6 Å². The smallest absolute Gasteiger partial charge is 0.283 e. The molecule has 28 heavy (non-hydrogen) atoms. The fourth-order valence-electron chi connectivity index (χ4n) is 4.02. The highest BCUT2D eigenvalue weighted by Gasteiger charge is 2.19. The summed E-state index contributed by atoms with van der Waals surface area (Å²) in [5, 5.41) is 5.32. The quantitative estimate of drug-likeness (QED) is 0.552. The fourth-order valence-corrected chi connectivity index (χ4v) is 4.02. The van der Waals surface area contributed by atoms with Crippen LogP contribution in [-0.4, -0.2) is 37.2 Å². The van der Waals surface area contributed by atoms with Gasteiger partial charge in [0.25, 0.3) is 5.56 Å². The Kier molecular flexibility index (Phi) is 4.41. The van der Waals surface area contributed by atoms with Crippen molar-refractivity contribution in [1.29, 1.82) is 0 Å². The van der Waals surface area contributed by atoms with Crippen LogP contribution in [0.2, 0.25) is 0 Å². The molecule has 5 rings (SSSR count). The number of aromatic nitrogens is 4. The van der Waals surface area contributed by atoms with E-state index in [0.29, 0.717) is 23.2 Å². The average molecular weight is 373 g/mol. The Morgan fingerprint density at radius 3 is 2.43 bits per heavy atom. The summed E-state index contributed by atoms with van der Waals surface area (Å²) in [7, 11) is 0. The average Bonchev–Trinajstić information content (AvgIpc) is 3.07. The minimum Gasteiger partial charge on any atom is -0.296 e. The first-order valence-electron chi connectivity index (χ1n) is 9.93. The van der Waals surface area contributed by atoms with Crippen molar-refractivity contribution >= 4 is 16.7 Å². The van der Waals surface area contributed by atoms with Gasteiger partial charge in [0, 0.05) is 0 Å². The van der Waals surface area contributed by atoms with Crippen LogP contribution in [0.1, 0.15) is 30.7 Å². The lowest BCUT2D eigenvalue weighted by Gasteiger charge is -2.25. The summed E-state index contributed by atoms with van der Waals surface area (Å²) in [5.74, 6) is 1.50. The highest BCUT2D eigenvalue weighted by molar-refractivity contribution is 5.78. The summed E-state index contributed by atoms with van der Waals surface area (Å²) >= 11 is 0. The Balaban J connectivity index is 1.67. The molecule has 0 radical (unpaired) electrons. The number of benzene rings is 2.